The van der Waals surface area contributed by atoms with Crippen LogP contribution in [0.1, 0.15) is 64.8 Å². The summed E-state index contributed by atoms with van der Waals surface area (Å²) in [5.41, 5.74) is 4.32. The molecule has 3 aromatic rings. The number of piperidine rings is 1. The maximum absolute atomic E-state index is 12.5. The summed E-state index contributed by atoms with van der Waals surface area (Å²) in [6.07, 6.45) is 2.76. The van der Waals surface area contributed by atoms with E-state index in [0.717, 1.165) is 53.8 Å². The summed E-state index contributed by atoms with van der Waals surface area (Å²) in [5, 5.41) is 11.3. The quantitative estimate of drug-likeness (QED) is 0.489. The Balaban J connectivity index is 1.94. The van der Waals surface area contributed by atoms with Gasteiger partial charge in [-0.05, 0) is 58.1 Å². The van der Waals surface area contributed by atoms with Gasteiger partial charge >= 0.3 is 5.97 Å². The predicted octanol–water partition coefficient (Wildman–Crippen LogP) is 6.17. The molecule has 0 unspecified atom stereocenters. The van der Waals surface area contributed by atoms with Gasteiger partial charge in [0.1, 0.15) is 0 Å². The van der Waals surface area contributed by atoms with Crippen molar-refractivity contribution in [1.29, 1.82) is 0 Å². The number of fused-ring (bicyclic) bond motifs is 1. The first kappa shape index (κ1) is 24.1. The van der Waals surface area contributed by atoms with Crippen molar-refractivity contribution >= 4 is 22.6 Å². The van der Waals surface area contributed by atoms with E-state index < -0.39 is 17.7 Å². The zero-order chi connectivity index (χ0) is 24.7. The Kier molecular flexibility index (Phi) is 6.38. The molecule has 180 valence electrons. The van der Waals surface area contributed by atoms with E-state index >= 15 is 0 Å². The van der Waals surface area contributed by atoms with Gasteiger partial charge < -0.3 is 14.7 Å². The number of carbonyl (C=O) groups is 1. The molecule has 1 atom stereocenters. The van der Waals surface area contributed by atoms with Gasteiger partial charge in [-0.25, -0.2) is 9.78 Å². The maximum atomic E-state index is 12.5. The van der Waals surface area contributed by atoms with Gasteiger partial charge in [0, 0.05) is 41.5 Å². The highest BCUT2D eigenvalue weighted by Crippen LogP contribution is 2.43. The summed E-state index contributed by atoms with van der Waals surface area (Å²) < 4.78 is 6.11. The highest BCUT2D eigenvalue weighted by molar-refractivity contribution is 5.88. The average Bonchev–Trinajstić information content (AvgIpc) is 2.76. The van der Waals surface area contributed by atoms with Gasteiger partial charge in [0.2, 0.25) is 0 Å². The molecule has 0 aliphatic carbocycles. The standard InChI is InChI=1S/C28H35N3O3/c1-18-23(25(26(32)33)34-27(2,3)4)24(31-15-13-28(5,6)14-16-31)20(17-29-18)22-12-11-19-9-7-8-10-21(19)30-22/h7-12,17,25H,13-16H2,1-6H3,(H,32,33)/t25-/m0/s1. The molecule has 0 radical (unpaired) electrons. The molecule has 6 heteroatoms. The van der Waals surface area contributed by atoms with Gasteiger partial charge in [-0.1, -0.05) is 38.1 Å². The van der Waals surface area contributed by atoms with Crippen LogP contribution in [0, 0.1) is 12.3 Å². The topological polar surface area (TPSA) is 75.5 Å². The number of hydrogen-bond acceptors (Lipinski definition) is 5. The van der Waals surface area contributed by atoms with Crippen molar-refractivity contribution in [3.8, 4) is 11.3 Å². The van der Waals surface area contributed by atoms with E-state index in [-0.39, 0.29) is 5.41 Å². The second-order valence-corrected chi connectivity index (χ2v) is 11.0. The van der Waals surface area contributed by atoms with E-state index in [1.54, 1.807) is 0 Å². The number of benzene rings is 1. The minimum atomic E-state index is -1.13. The van der Waals surface area contributed by atoms with E-state index in [0.29, 0.717) is 11.3 Å². The molecule has 1 saturated heterocycles. The van der Waals surface area contributed by atoms with Crippen LogP contribution in [0.5, 0.6) is 0 Å². The van der Waals surface area contributed by atoms with Crippen LogP contribution in [-0.4, -0.2) is 39.7 Å². The lowest BCUT2D eigenvalue weighted by molar-refractivity contribution is -0.160. The van der Waals surface area contributed by atoms with Crippen molar-refractivity contribution in [3.05, 3.63) is 53.9 Å². The van der Waals surface area contributed by atoms with Gasteiger partial charge in [0.05, 0.1) is 22.5 Å². The maximum Gasteiger partial charge on any atom is 0.337 e. The van der Waals surface area contributed by atoms with E-state index in [4.69, 9.17) is 9.72 Å². The second-order valence-electron chi connectivity index (χ2n) is 11.0. The van der Waals surface area contributed by atoms with Crippen molar-refractivity contribution in [2.24, 2.45) is 5.41 Å². The third kappa shape index (κ3) is 5.07. The largest absolute Gasteiger partial charge is 0.479 e. The zero-order valence-corrected chi connectivity index (χ0v) is 21.1. The fourth-order valence-corrected chi connectivity index (χ4v) is 4.59. The lowest BCUT2D eigenvalue weighted by Gasteiger charge is -2.40. The Bertz CT molecular complexity index is 1200. The Morgan fingerprint density at radius 1 is 1.12 bits per heavy atom. The average molecular weight is 462 g/mol. The van der Waals surface area contributed by atoms with Gasteiger partial charge in [0.25, 0.3) is 0 Å². The van der Waals surface area contributed by atoms with Crippen molar-refractivity contribution in [2.45, 2.75) is 66.1 Å². The molecule has 6 nitrogen and oxygen atoms in total. The van der Waals surface area contributed by atoms with E-state index in [1.807, 2.05) is 64.2 Å². The molecule has 4 rings (SSSR count). The molecule has 0 bridgehead atoms. The van der Waals surface area contributed by atoms with Crippen LogP contribution in [0.25, 0.3) is 22.2 Å². The minimum Gasteiger partial charge on any atom is -0.479 e. The number of rotatable bonds is 5. The molecule has 1 aliphatic rings. The molecule has 2 aromatic heterocycles. The van der Waals surface area contributed by atoms with E-state index in [1.165, 1.54) is 0 Å². The fraction of sp³-hybridized carbons (Fsp3) is 0.464. The van der Waals surface area contributed by atoms with Crippen molar-refractivity contribution in [3.63, 3.8) is 0 Å². The van der Waals surface area contributed by atoms with Gasteiger partial charge in [-0.3, -0.25) is 4.98 Å². The van der Waals surface area contributed by atoms with E-state index in [2.05, 4.69) is 29.8 Å². The highest BCUT2D eigenvalue weighted by atomic mass is 16.5. The predicted molar refractivity (Wildman–Crippen MR) is 136 cm³/mol. The van der Waals surface area contributed by atoms with Gasteiger partial charge in [-0.15, -0.1) is 0 Å². The number of carboxylic acids is 1. The Morgan fingerprint density at radius 2 is 1.79 bits per heavy atom. The van der Waals surface area contributed by atoms with Gasteiger partial charge in [-0.2, -0.15) is 0 Å². The first-order valence-electron chi connectivity index (χ1n) is 12.0. The number of ether oxygens (including phenoxy) is 1. The van der Waals surface area contributed by atoms with Crippen molar-refractivity contribution < 1.29 is 14.6 Å². The fourth-order valence-electron chi connectivity index (χ4n) is 4.59. The Labute approximate surface area is 202 Å². The summed E-state index contributed by atoms with van der Waals surface area (Å²) in [5.74, 6) is -1.01. The Morgan fingerprint density at radius 3 is 2.44 bits per heavy atom. The molecule has 34 heavy (non-hydrogen) atoms. The van der Waals surface area contributed by atoms with Crippen molar-refractivity contribution in [2.75, 3.05) is 18.0 Å². The highest BCUT2D eigenvalue weighted by Gasteiger charge is 2.36. The van der Waals surface area contributed by atoms with Gasteiger partial charge in [0.15, 0.2) is 6.10 Å². The summed E-state index contributed by atoms with van der Waals surface area (Å²) in [6, 6.07) is 12.1. The smallest absolute Gasteiger partial charge is 0.337 e. The van der Waals surface area contributed by atoms with Crippen LogP contribution < -0.4 is 4.90 Å². The number of carboxylic acid groups (broad SMARTS) is 1. The molecule has 1 aliphatic heterocycles. The van der Waals surface area contributed by atoms with Crippen LogP contribution in [0.2, 0.25) is 0 Å². The lowest BCUT2D eigenvalue weighted by Crippen LogP contribution is -2.39. The summed E-state index contributed by atoms with van der Waals surface area (Å²) in [7, 11) is 0. The van der Waals surface area contributed by atoms with Crippen LogP contribution in [0.3, 0.4) is 0 Å². The zero-order valence-electron chi connectivity index (χ0n) is 21.1. The normalized spacial score (nSPS) is 17.1. The number of aromatic nitrogens is 2. The number of aliphatic carboxylic acids is 1. The van der Waals surface area contributed by atoms with Crippen LogP contribution in [0.4, 0.5) is 5.69 Å². The lowest BCUT2D eigenvalue weighted by atomic mass is 9.82. The first-order valence-corrected chi connectivity index (χ1v) is 12.0. The number of aryl methyl sites for hydroxylation is 1. The summed E-state index contributed by atoms with van der Waals surface area (Å²) >= 11 is 0. The Hall–Kier alpha value is -2.99. The molecular weight excluding hydrogens is 426 g/mol. The molecule has 3 heterocycles. The molecule has 0 spiro atoms. The third-order valence-corrected chi connectivity index (χ3v) is 6.55. The van der Waals surface area contributed by atoms with Crippen LogP contribution in [-0.2, 0) is 9.53 Å². The molecule has 1 fully saturated rings. The molecule has 0 saturated carbocycles. The summed E-state index contributed by atoms with van der Waals surface area (Å²) in [6.45, 7) is 13.8. The number of para-hydroxylation sites is 1. The first-order chi connectivity index (χ1) is 16.0. The number of hydrogen-bond donors (Lipinski definition) is 1. The monoisotopic (exact) mass is 461 g/mol. The SMILES string of the molecule is Cc1ncc(-c2ccc3ccccc3n2)c(N2CCC(C)(C)CC2)c1[C@H](OC(C)(C)C)C(=O)O. The molecule has 1 N–H and O–H groups in total. The number of pyridine rings is 2. The van der Waals surface area contributed by atoms with E-state index in [9.17, 15) is 9.90 Å². The molecule has 1 aromatic carbocycles. The second kappa shape index (κ2) is 8.99. The molecular formula is C28H35N3O3. The minimum absolute atomic E-state index is 0.258. The third-order valence-electron chi connectivity index (χ3n) is 6.55. The molecule has 0 amide bonds. The summed E-state index contributed by atoms with van der Waals surface area (Å²) in [4.78, 5) is 24.4. The van der Waals surface area contributed by atoms with Crippen LogP contribution in [0.15, 0.2) is 42.6 Å². The van der Waals surface area contributed by atoms with Crippen molar-refractivity contribution in [1.82, 2.24) is 9.97 Å². The number of nitrogens with zero attached hydrogens (tertiary/aromatic N) is 3. The number of anilines is 1. The van der Waals surface area contributed by atoms with Crippen LogP contribution >= 0.6 is 0 Å².